The van der Waals surface area contributed by atoms with Crippen LogP contribution in [0.5, 0.6) is 5.75 Å². The van der Waals surface area contributed by atoms with Crippen LogP contribution in [0.4, 0.5) is 0 Å². The SMILES string of the molecule is COCCC[NH+]1C(=O)c2c(O)c(C=O)c3ccccc3c2C1=O. The summed E-state index contributed by atoms with van der Waals surface area (Å²) in [5, 5.41) is 11.3. The molecule has 1 aliphatic rings. The lowest BCUT2D eigenvalue weighted by Gasteiger charge is -2.06. The number of nitrogens with one attached hydrogen (secondary N) is 1. The lowest BCUT2D eigenvalue weighted by molar-refractivity contribution is -0.720. The fourth-order valence-corrected chi connectivity index (χ4v) is 3.05. The monoisotopic (exact) mass is 314 g/mol. The maximum Gasteiger partial charge on any atom is 0.356 e. The highest BCUT2D eigenvalue weighted by molar-refractivity contribution is 6.23. The third-order valence-corrected chi connectivity index (χ3v) is 4.12. The zero-order chi connectivity index (χ0) is 16.6. The van der Waals surface area contributed by atoms with Crippen molar-refractivity contribution in [3.8, 4) is 5.75 Å². The maximum atomic E-state index is 12.7. The van der Waals surface area contributed by atoms with E-state index in [1.165, 1.54) is 0 Å². The molecule has 23 heavy (non-hydrogen) atoms. The predicted molar refractivity (Wildman–Crippen MR) is 82.0 cm³/mol. The summed E-state index contributed by atoms with van der Waals surface area (Å²) in [5.74, 6) is -1.27. The number of benzene rings is 2. The molecule has 0 saturated carbocycles. The Kier molecular flexibility index (Phi) is 3.94. The normalized spacial score (nSPS) is 16.8. The molecule has 6 nitrogen and oxygen atoms in total. The number of hydrogen-bond donors (Lipinski definition) is 2. The number of phenolic OH excluding ortho intramolecular Hbond substituents is 1. The van der Waals surface area contributed by atoms with E-state index in [0.717, 1.165) is 0 Å². The molecule has 3 rings (SSSR count). The number of carbonyl (C=O) groups is 3. The van der Waals surface area contributed by atoms with Crippen LogP contribution >= 0.6 is 0 Å². The summed E-state index contributed by atoms with van der Waals surface area (Å²) in [7, 11) is 1.55. The first kappa shape index (κ1) is 15.3. The summed E-state index contributed by atoms with van der Waals surface area (Å²) in [6, 6.07) is 6.78. The van der Waals surface area contributed by atoms with Gasteiger partial charge in [-0.05, 0) is 5.39 Å². The summed E-state index contributed by atoms with van der Waals surface area (Å²) >= 11 is 0. The Balaban J connectivity index is 2.20. The Morgan fingerprint density at radius 2 is 1.78 bits per heavy atom. The number of carbonyl (C=O) groups excluding carboxylic acids is 3. The topological polar surface area (TPSA) is 85.1 Å². The fourth-order valence-electron chi connectivity index (χ4n) is 3.05. The van der Waals surface area contributed by atoms with Crippen LogP contribution in [-0.4, -0.2) is 43.5 Å². The average Bonchev–Trinajstić information content (AvgIpc) is 2.81. The summed E-state index contributed by atoms with van der Waals surface area (Å²) in [4.78, 5) is 36.7. The van der Waals surface area contributed by atoms with Crippen molar-refractivity contribution in [1.29, 1.82) is 0 Å². The molecule has 2 aromatic rings. The van der Waals surface area contributed by atoms with E-state index in [9.17, 15) is 19.5 Å². The van der Waals surface area contributed by atoms with Crippen molar-refractivity contribution in [2.24, 2.45) is 0 Å². The molecule has 1 unspecified atom stereocenters. The molecular formula is C17H16NO5+. The second-order valence-electron chi connectivity index (χ2n) is 5.41. The van der Waals surface area contributed by atoms with Crippen molar-refractivity contribution in [3.63, 3.8) is 0 Å². The minimum absolute atomic E-state index is 0.0404. The third-order valence-electron chi connectivity index (χ3n) is 4.12. The van der Waals surface area contributed by atoms with Crippen LogP contribution in [0.1, 0.15) is 37.5 Å². The van der Waals surface area contributed by atoms with Crippen molar-refractivity contribution >= 4 is 28.9 Å². The molecular weight excluding hydrogens is 298 g/mol. The van der Waals surface area contributed by atoms with Crippen LogP contribution in [0.2, 0.25) is 0 Å². The van der Waals surface area contributed by atoms with Gasteiger partial charge in [0.05, 0.1) is 18.7 Å². The van der Waals surface area contributed by atoms with Crippen LogP contribution in [0, 0.1) is 0 Å². The second-order valence-corrected chi connectivity index (χ2v) is 5.41. The predicted octanol–water partition coefficient (Wildman–Crippen LogP) is 0.573. The molecule has 6 heteroatoms. The maximum absolute atomic E-state index is 12.7. The molecule has 0 saturated heterocycles. The first-order valence-corrected chi connectivity index (χ1v) is 7.28. The zero-order valence-corrected chi connectivity index (χ0v) is 12.6. The van der Waals surface area contributed by atoms with Gasteiger partial charge in [-0.1, -0.05) is 24.3 Å². The van der Waals surface area contributed by atoms with E-state index in [2.05, 4.69) is 0 Å². The Bertz CT molecular complexity index is 827. The zero-order valence-electron chi connectivity index (χ0n) is 12.6. The number of aldehydes is 1. The molecule has 2 amide bonds. The summed E-state index contributed by atoms with van der Waals surface area (Å²) in [6.45, 7) is 0.719. The quantitative estimate of drug-likeness (QED) is 0.479. The van der Waals surface area contributed by atoms with Gasteiger partial charge in [-0.15, -0.1) is 0 Å². The van der Waals surface area contributed by atoms with Gasteiger partial charge in [0.1, 0.15) is 16.9 Å². The lowest BCUT2D eigenvalue weighted by Crippen LogP contribution is -3.15. The summed E-state index contributed by atoms with van der Waals surface area (Å²) in [6.07, 6.45) is 1.05. The largest absolute Gasteiger partial charge is 0.506 e. The molecule has 0 radical (unpaired) electrons. The van der Waals surface area contributed by atoms with Gasteiger partial charge in [-0.2, -0.15) is 0 Å². The van der Waals surface area contributed by atoms with Crippen LogP contribution < -0.4 is 4.90 Å². The average molecular weight is 314 g/mol. The Hall–Kier alpha value is -2.57. The highest BCUT2D eigenvalue weighted by Crippen LogP contribution is 2.35. The molecule has 2 N–H and O–H groups in total. The van der Waals surface area contributed by atoms with Crippen LogP contribution in [0.25, 0.3) is 10.8 Å². The third kappa shape index (κ3) is 2.23. The molecule has 0 spiro atoms. The molecule has 0 bridgehead atoms. The number of imide groups is 1. The minimum Gasteiger partial charge on any atom is -0.506 e. The van der Waals surface area contributed by atoms with Gasteiger partial charge in [-0.3, -0.25) is 4.79 Å². The number of aromatic hydroxyl groups is 1. The van der Waals surface area contributed by atoms with Crippen molar-refractivity contribution in [1.82, 2.24) is 0 Å². The van der Waals surface area contributed by atoms with Gasteiger partial charge in [-0.25, -0.2) is 14.5 Å². The number of phenols is 1. The van der Waals surface area contributed by atoms with Gasteiger partial charge >= 0.3 is 11.8 Å². The van der Waals surface area contributed by atoms with E-state index in [0.29, 0.717) is 30.1 Å². The number of methoxy groups -OCH3 is 1. The van der Waals surface area contributed by atoms with Crippen molar-refractivity contribution < 1.29 is 29.1 Å². The molecule has 0 aliphatic carbocycles. The molecule has 2 aromatic carbocycles. The van der Waals surface area contributed by atoms with Gasteiger partial charge in [0, 0.05) is 18.9 Å². The highest BCUT2D eigenvalue weighted by Gasteiger charge is 2.45. The van der Waals surface area contributed by atoms with E-state index < -0.39 is 11.7 Å². The van der Waals surface area contributed by atoms with Crippen molar-refractivity contribution in [2.45, 2.75) is 6.42 Å². The summed E-state index contributed by atoms with van der Waals surface area (Å²) < 4.78 is 4.95. The van der Waals surface area contributed by atoms with E-state index in [1.54, 1.807) is 31.4 Å². The van der Waals surface area contributed by atoms with E-state index in [-0.39, 0.29) is 34.0 Å². The molecule has 1 atom stereocenters. The van der Waals surface area contributed by atoms with Crippen molar-refractivity contribution in [3.05, 3.63) is 41.0 Å². The molecule has 0 aromatic heterocycles. The highest BCUT2D eigenvalue weighted by atomic mass is 16.5. The van der Waals surface area contributed by atoms with E-state index in [4.69, 9.17) is 4.74 Å². The molecule has 1 heterocycles. The number of fused-ring (bicyclic) bond motifs is 3. The number of hydrogen-bond acceptors (Lipinski definition) is 5. The Morgan fingerprint density at radius 3 is 2.43 bits per heavy atom. The number of amides is 2. The van der Waals surface area contributed by atoms with Crippen LogP contribution in [0.3, 0.4) is 0 Å². The summed E-state index contributed by atoms with van der Waals surface area (Å²) in [5.41, 5.74) is 0.183. The van der Waals surface area contributed by atoms with Crippen LogP contribution in [0.15, 0.2) is 24.3 Å². The number of rotatable bonds is 5. The smallest absolute Gasteiger partial charge is 0.356 e. The molecule has 1 aliphatic heterocycles. The first-order chi connectivity index (χ1) is 11.1. The number of ether oxygens (including phenoxy) is 1. The van der Waals surface area contributed by atoms with Gasteiger partial charge in [0.15, 0.2) is 6.29 Å². The van der Waals surface area contributed by atoms with E-state index in [1.807, 2.05) is 0 Å². The van der Waals surface area contributed by atoms with Crippen LogP contribution in [-0.2, 0) is 4.74 Å². The first-order valence-electron chi connectivity index (χ1n) is 7.28. The molecule has 118 valence electrons. The minimum atomic E-state index is -0.493. The van der Waals surface area contributed by atoms with Crippen molar-refractivity contribution in [2.75, 3.05) is 20.3 Å². The lowest BCUT2D eigenvalue weighted by atomic mass is 9.95. The fraction of sp³-hybridized carbons (Fsp3) is 0.235. The van der Waals surface area contributed by atoms with E-state index >= 15 is 0 Å². The van der Waals surface area contributed by atoms with Gasteiger partial charge < -0.3 is 9.84 Å². The van der Waals surface area contributed by atoms with Gasteiger partial charge in [0.25, 0.3) is 0 Å². The standard InChI is InChI=1S/C17H15NO5/c1-23-8-4-7-18-16(21)13-11-6-3-2-5-10(11)12(9-19)15(20)14(13)17(18)22/h2-3,5-6,9,20H,4,7-8H2,1H3/p+1. The molecule has 0 fully saturated rings. The van der Waals surface area contributed by atoms with Gasteiger partial charge in [0.2, 0.25) is 0 Å². The Morgan fingerprint density at radius 1 is 1.13 bits per heavy atom. The second kappa shape index (κ2) is 5.91. The number of quaternary nitrogens is 1. The Labute approximate surface area is 132 Å².